The Morgan fingerprint density at radius 3 is 2.38 bits per heavy atom. The Kier molecular flexibility index (Phi) is 7.62. The zero-order valence-corrected chi connectivity index (χ0v) is 16.9. The predicted molar refractivity (Wildman–Crippen MR) is 110 cm³/mol. The average Bonchev–Trinajstić information content (AvgIpc) is 3.23. The van der Waals surface area contributed by atoms with Gasteiger partial charge in [0.1, 0.15) is 5.78 Å². The summed E-state index contributed by atoms with van der Waals surface area (Å²) in [5, 5.41) is 29.6. The molecule has 1 saturated carbocycles. The van der Waals surface area contributed by atoms with Gasteiger partial charge in [-0.2, -0.15) is 0 Å². The summed E-state index contributed by atoms with van der Waals surface area (Å²) < 4.78 is 0. The Hall–Kier alpha value is -1.98. The molecule has 0 heterocycles. The Morgan fingerprint density at radius 1 is 1.07 bits per heavy atom. The molecule has 2 aliphatic rings. The van der Waals surface area contributed by atoms with E-state index in [-0.39, 0.29) is 36.4 Å². The van der Waals surface area contributed by atoms with E-state index in [9.17, 15) is 19.8 Å². The van der Waals surface area contributed by atoms with Gasteiger partial charge < -0.3 is 15.3 Å². The number of unbranched alkanes of at least 4 members (excludes halogenated alkanes) is 3. The number of hydrogen-bond donors (Lipinski definition) is 3. The van der Waals surface area contributed by atoms with Crippen LogP contribution in [0.5, 0.6) is 0 Å². The molecule has 3 rings (SSSR count). The van der Waals surface area contributed by atoms with Gasteiger partial charge in [0.05, 0.1) is 12.2 Å². The van der Waals surface area contributed by atoms with Crippen molar-refractivity contribution in [1.82, 2.24) is 0 Å². The molecule has 2 unspecified atom stereocenters. The molecule has 0 bridgehead atoms. The summed E-state index contributed by atoms with van der Waals surface area (Å²) in [4.78, 5) is 22.9. The molecule has 4 atom stereocenters. The van der Waals surface area contributed by atoms with E-state index in [1.807, 2.05) is 18.2 Å². The maximum atomic E-state index is 12.3. The van der Waals surface area contributed by atoms with Crippen LogP contribution in [-0.4, -0.2) is 39.3 Å². The summed E-state index contributed by atoms with van der Waals surface area (Å²) >= 11 is 0. The van der Waals surface area contributed by atoms with Gasteiger partial charge in [-0.1, -0.05) is 55.7 Å². The second kappa shape index (κ2) is 10.2. The van der Waals surface area contributed by atoms with E-state index in [0.29, 0.717) is 12.8 Å². The van der Waals surface area contributed by atoms with Crippen LogP contribution in [0.4, 0.5) is 0 Å². The van der Waals surface area contributed by atoms with Crippen LogP contribution < -0.4 is 0 Å². The standard InChI is InChI=1S/C24H32O5/c25-21(18-13-16-7-5-6-8-17(16)14-18)12-11-20-19(22(26)15-23(20)27)9-3-1-2-4-10-24(28)29/h5-8,11-12,18-21,23,25,27H,1-4,9-10,13-15H2,(H,28,29)/b12-11+/t19-,20?,21-,23?/m1/s1. The number of benzene rings is 1. The maximum absolute atomic E-state index is 12.3. The Bertz CT molecular complexity index is 716. The van der Waals surface area contributed by atoms with Gasteiger partial charge in [0.15, 0.2) is 0 Å². The number of aliphatic hydroxyl groups excluding tert-OH is 2. The van der Waals surface area contributed by atoms with Gasteiger partial charge in [-0.3, -0.25) is 9.59 Å². The number of carbonyl (C=O) groups is 2. The van der Waals surface area contributed by atoms with Crippen molar-refractivity contribution >= 4 is 11.8 Å². The number of ketones is 1. The van der Waals surface area contributed by atoms with Crippen molar-refractivity contribution in [2.24, 2.45) is 17.8 Å². The highest BCUT2D eigenvalue weighted by Gasteiger charge is 2.39. The first-order valence-corrected chi connectivity index (χ1v) is 10.8. The monoisotopic (exact) mass is 400 g/mol. The van der Waals surface area contributed by atoms with Gasteiger partial charge >= 0.3 is 5.97 Å². The molecular weight excluding hydrogens is 368 g/mol. The number of carbonyl (C=O) groups excluding carboxylic acids is 1. The lowest BCUT2D eigenvalue weighted by Crippen LogP contribution is -2.22. The van der Waals surface area contributed by atoms with Crippen LogP contribution in [0, 0.1) is 17.8 Å². The molecule has 5 heteroatoms. The lowest BCUT2D eigenvalue weighted by molar-refractivity contribution is -0.137. The first kappa shape index (κ1) is 21.7. The minimum Gasteiger partial charge on any atom is -0.481 e. The Balaban J connectivity index is 1.49. The fourth-order valence-corrected chi connectivity index (χ4v) is 4.82. The number of aliphatic hydroxyl groups is 2. The van der Waals surface area contributed by atoms with E-state index in [0.717, 1.165) is 32.1 Å². The van der Waals surface area contributed by atoms with Crippen molar-refractivity contribution in [3.8, 4) is 0 Å². The number of hydrogen-bond acceptors (Lipinski definition) is 4. The maximum Gasteiger partial charge on any atom is 0.303 e. The summed E-state index contributed by atoms with van der Waals surface area (Å²) in [6, 6.07) is 8.27. The van der Waals surface area contributed by atoms with Crippen LogP contribution in [0.1, 0.15) is 56.1 Å². The quantitative estimate of drug-likeness (QED) is 0.414. The van der Waals surface area contributed by atoms with Crippen LogP contribution in [0.2, 0.25) is 0 Å². The summed E-state index contributed by atoms with van der Waals surface area (Å²) in [5.41, 5.74) is 2.59. The lowest BCUT2D eigenvalue weighted by atomic mass is 9.87. The highest BCUT2D eigenvalue weighted by molar-refractivity contribution is 5.84. The fourth-order valence-electron chi connectivity index (χ4n) is 4.82. The van der Waals surface area contributed by atoms with Crippen LogP contribution in [0.3, 0.4) is 0 Å². The molecule has 1 aromatic carbocycles. The third-order valence-electron chi connectivity index (χ3n) is 6.48. The van der Waals surface area contributed by atoms with Crippen molar-refractivity contribution in [3.63, 3.8) is 0 Å². The van der Waals surface area contributed by atoms with Crippen molar-refractivity contribution < 1.29 is 24.9 Å². The molecule has 0 aromatic heterocycles. The SMILES string of the molecule is O=C(O)CCCCCC[C@H]1C(=O)CC(O)C1/C=C/[C@@H](O)C1Cc2ccccc2C1. The molecule has 0 amide bonds. The highest BCUT2D eigenvalue weighted by Crippen LogP contribution is 2.35. The molecule has 3 N–H and O–H groups in total. The fraction of sp³-hybridized carbons (Fsp3) is 0.583. The van der Waals surface area contributed by atoms with Crippen molar-refractivity contribution in [3.05, 3.63) is 47.5 Å². The third kappa shape index (κ3) is 5.77. The first-order valence-electron chi connectivity index (χ1n) is 10.8. The molecule has 0 aliphatic heterocycles. The lowest BCUT2D eigenvalue weighted by Gasteiger charge is -2.19. The minimum absolute atomic E-state index is 0.0976. The molecule has 1 aromatic rings. The van der Waals surface area contributed by atoms with E-state index >= 15 is 0 Å². The van der Waals surface area contributed by atoms with Crippen LogP contribution in [0.25, 0.3) is 0 Å². The average molecular weight is 401 g/mol. The van der Waals surface area contributed by atoms with E-state index < -0.39 is 18.2 Å². The van der Waals surface area contributed by atoms with Crippen LogP contribution in [-0.2, 0) is 22.4 Å². The Morgan fingerprint density at radius 2 is 1.72 bits per heavy atom. The van der Waals surface area contributed by atoms with E-state index in [4.69, 9.17) is 5.11 Å². The highest BCUT2D eigenvalue weighted by atomic mass is 16.4. The van der Waals surface area contributed by atoms with E-state index in [1.54, 1.807) is 6.08 Å². The number of carboxylic acid groups (broad SMARTS) is 1. The number of carboxylic acids is 1. The van der Waals surface area contributed by atoms with Crippen molar-refractivity contribution in [2.75, 3.05) is 0 Å². The topological polar surface area (TPSA) is 94.8 Å². The van der Waals surface area contributed by atoms with Gasteiger partial charge in [0, 0.05) is 24.7 Å². The Labute approximate surface area is 172 Å². The number of fused-ring (bicyclic) bond motifs is 1. The summed E-state index contributed by atoms with van der Waals surface area (Å²) in [6.07, 6.45) is 8.43. The minimum atomic E-state index is -0.770. The molecular formula is C24H32O5. The van der Waals surface area contributed by atoms with Gasteiger partial charge in [-0.25, -0.2) is 0 Å². The molecule has 2 aliphatic carbocycles. The van der Waals surface area contributed by atoms with Crippen LogP contribution in [0.15, 0.2) is 36.4 Å². The zero-order chi connectivity index (χ0) is 20.8. The van der Waals surface area contributed by atoms with Gasteiger partial charge in [0.25, 0.3) is 0 Å². The third-order valence-corrected chi connectivity index (χ3v) is 6.48. The summed E-state index contributed by atoms with van der Waals surface area (Å²) in [7, 11) is 0. The second-order valence-electron chi connectivity index (χ2n) is 8.58. The van der Waals surface area contributed by atoms with Gasteiger partial charge in [-0.15, -0.1) is 0 Å². The predicted octanol–water partition coefficient (Wildman–Crippen LogP) is 3.31. The van der Waals surface area contributed by atoms with Crippen molar-refractivity contribution in [2.45, 2.75) is 70.0 Å². The summed E-state index contributed by atoms with van der Waals surface area (Å²) in [6.45, 7) is 0. The molecule has 29 heavy (non-hydrogen) atoms. The van der Waals surface area contributed by atoms with Gasteiger partial charge in [-0.05, 0) is 42.7 Å². The molecule has 0 radical (unpaired) electrons. The molecule has 1 fully saturated rings. The molecule has 0 saturated heterocycles. The van der Waals surface area contributed by atoms with E-state index in [2.05, 4.69) is 12.1 Å². The number of aliphatic carboxylic acids is 1. The van der Waals surface area contributed by atoms with Crippen molar-refractivity contribution in [1.29, 1.82) is 0 Å². The normalized spacial score (nSPS) is 25.6. The second-order valence-corrected chi connectivity index (χ2v) is 8.58. The zero-order valence-electron chi connectivity index (χ0n) is 16.9. The summed E-state index contributed by atoms with van der Waals surface area (Å²) in [5.74, 6) is -0.965. The smallest absolute Gasteiger partial charge is 0.303 e. The first-order chi connectivity index (χ1) is 14.0. The number of rotatable bonds is 10. The largest absolute Gasteiger partial charge is 0.481 e. The molecule has 5 nitrogen and oxygen atoms in total. The number of Topliss-reactive ketones (excluding diaryl/α,β-unsaturated/α-hetero) is 1. The van der Waals surface area contributed by atoms with E-state index in [1.165, 1.54) is 11.1 Å². The molecule has 0 spiro atoms. The van der Waals surface area contributed by atoms with Crippen LogP contribution >= 0.6 is 0 Å². The molecule has 158 valence electrons. The van der Waals surface area contributed by atoms with Gasteiger partial charge in [0.2, 0.25) is 0 Å².